The van der Waals surface area contributed by atoms with E-state index in [1.165, 1.54) is 0 Å². The van der Waals surface area contributed by atoms with Gasteiger partial charge in [-0.3, -0.25) is 0 Å². The molecule has 0 aliphatic heterocycles. The molecule has 0 aromatic heterocycles. The van der Waals surface area contributed by atoms with Crippen molar-refractivity contribution in [1.82, 2.24) is 10.2 Å². The molecule has 0 amide bonds. The zero-order valence-electron chi connectivity index (χ0n) is 8.99. The monoisotopic (exact) mass is 331 g/mol. The van der Waals surface area contributed by atoms with Crippen molar-refractivity contribution in [2.24, 2.45) is 5.73 Å². The van der Waals surface area contributed by atoms with Gasteiger partial charge in [0.1, 0.15) is 0 Å². The molecule has 9 heteroatoms. The summed E-state index contributed by atoms with van der Waals surface area (Å²) in [6.45, 7) is 2.55. The van der Waals surface area contributed by atoms with Gasteiger partial charge >= 0.3 is 103 Å². The van der Waals surface area contributed by atoms with Gasteiger partial charge in [0.2, 0.25) is 0 Å². The average Bonchev–Trinajstić information content (AvgIpc) is 2.02. The van der Waals surface area contributed by atoms with Crippen LogP contribution in [0.25, 0.3) is 0 Å². The molecule has 0 saturated heterocycles. The Morgan fingerprint density at radius 3 is 2.07 bits per heavy atom. The summed E-state index contributed by atoms with van der Waals surface area (Å²) < 4.78 is 0.797. The van der Waals surface area contributed by atoms with Crippen LogP contribution in [0.5, 0.6) is 0 Å². The van der Waals surface area contributed by atoms with Crippen molar-refractivity contribution in [2.75, 3.05) is 26.2 Å². The Bertz CT molecular complexity index is 193. The SMILES string of the molecule is NCCN(CCNC(=S)[S-])C(=S)[S-].[K+].[K+]. The molecule has 0 radical (unpaired) electrons. The Morgan fingerprint density at radius 1 is 1.20 bits per heavy atom. The Morgan fingerprint density at radius 2 is 1.73 bits per heavy atom. The second kappa shape index (κ2) is 15.5. The first-order chi connectivity index (χ1) is 6.07. The molecule has 3 N–H and O–H groups in total. The quantitative estimate of drug-likeness (QED) is 0.295. The molecule has 0 spiro atoms. The van der Waals surface area contributed by atoms with Crippen LogP contribution in [0, 0.1) is 0 Å². The van der Waals surface area contributed by atoms with Crippen LogP contribution in [0.4, 0.5) is 0 Å². The predicted molar refractivity (Wildman–Crippen MR) is 68.6 cm³/mol. The third kappa shape index (κ3) is 15.4. The van der Waals surface area contributed by atoms with Crippen molar-refractivity contribution < 1.29 is 103 Å². The van der Waals surface area contributed by atoms with Crippen molar-refractivity contribution in [3.63, 3.8) is 0 Å². The van der Waals surface area contributed by atoms with Gasteiger partial charge in [0.15, 0.2) is 0 Å². The zero-order chi connectivity index (χ0) is 10.3. The van der Waals surface area contributed by atoms with Crippen LogP contribution in [0.1, 0.15) is 0 Å². The molecule has 0 aromatic carbocycles. The van der Waals surface area contributed by atoms with E-state index in [1.54, 1.807) is 0 Å². The van der Waals surface area contributed by atoms with E-state index in [1.807, 2.05) is 4.90 Å². The minimum atomic E-state index is 0. The zero-order valence-corrected chi connectivity index (χ0v) is 18.5. The van der Waals surface area contributed by atoms with Gasteiger partial charge in [-0.05, 0) is 0 Å². The minimum Gasteiger partial charge on any atom is -0.412 e. The van der Waals surface area contributed by atoms with E-state index < -0.39 is 0 Å². The molecule has 0 aromatic rings. The number of rotatable bonds is 5. The molecule has 15 heavy (non-hydrogen) atoms. The summed E-state index contributed by atoms with van der Waals surface area (Å²) >= 11 is 19.1. The second-order valence-electron chi connectivity index (χ2n) is 2.26. The molecule has 0 bridgehead atoms. The molecular formula is C6H11K2N3S4. The fraction of sp³-hybridized carbons (Fsp3) is 0.667. The van der Waals surface area contributed by atoms with Crippen LogP contribution in [0.2, 0.25) is 0 Å². The maximum absolute atomic E-state index is 5.38. The minimum absolute atomic E-state index is 0. The van der Waals surface area contributed by atoms with Gasteiger partial charge in [-0.1, -0.05) is 8.64 Å². The third-order valence-electron chi connectivity index (χ3n) is 1.31. The maximum Gasteiger partial charge on any atom is 1.00 e. The standard InChI is InChI=1S/C6H13N3S4.2K/c7-1-3-9(6(12)13)4-2-8-5(10)11;;/h1-4,7H2,(H,12,13)(H2,8,10,11);;/q;2*+1/p-2. The van der Waals surface area contributed by atoms with Crippen LogP contribution in [0.3, 0.4) is 0 Å². The van der Waals surface area contributed by atoms with Crippen molar-refractivity contribution in [2.45, 2.75) is 0 Å². The van der Waals surface area contributed by atoms with E-state index in [0.717, 1.165) is 0 Å². The van der Waals surface area contributed by atoms with Crippen LogP contribution in [0.15, 0.2) is 0 Å². The molecule has 0 aliphatic rings. The summed E-state index contributed by atoms with van der Waals surface area (Å²) in [5.41, 5.74) is 5.38. The maximum atomic E-state index is 5.38. The number of nitrogens with one attached hydrogen (secondary N) is 1. The fourth-order valence-corrected chi connectivity index (χ4v) is 1.31. The first kappa shape index (κ1) is 23.5. The number of hydrogen-bond acceptors (Lipinski definition) is 5. The molecule has 0 rings (SSSR count). The van der Waals surface area contributed by atoms with Gasteiger partial charge in [-0.2, -0.15) is 0 Å². The average molecular weight is 332 g/mol. The molecule has 0 atom stereocenters. The van der Waals surface area contributed by atoms with E-state index in [-0.39, 0.29) is 103 Å². The molecule has 0 heterocycles. The number of hydrogen-bond donors (Lipinski definition) is 2. The van der Waals surface area contributed by atoms with Gasteiger partial charge in [0.25, 0.3) is 0 Å². The van der Waals surface area contributed by atoms with E-state index >= 15 is 0 Å². The Balaban J connectivity index is -0.000000720. The summed E-state index contributed by atoms with van der Waals surface area (Å²) in [5, 5.41) is 2.85. The van der Waals surface area contributed by atoms with Gasteiger partial charge in [0.05, 0.1) is 0 Å². The van der Waals surface area contributed by atoms with Crippen LogP contribution in [-0.2, 0) is 25.3 Å². The topological polar surface area (TPSA) is 41.3 Å². The van der Waals surface area contributed by atoms with Crippen LogP contribution >= 0.6 is 24.4 Å². The van der Waals surface area contributed by atoms with Crippen LogP contribution in [-0.4, -0.2) is 39.7 Å². The van der Waals surface area contributed by atoms with Gasteiger partial charge in [-0.25, -0.2) is 0 Å². The summed E-state index contributed by atoms with van der Waals surface area (Å²) in [7, 11) is 0. The van der Waals surface area contributed by atoms with E-state index in [2.05, 4.69) is 30.2 Å². The molecule has 76 valence electrons. The second-order valence-corrected chi connectivity index (χ2v) is 4.36. The van der Waals surface area contributed by atoms with Crippen molar-refractivity contribution in [1.29, 1.82) is 0 Å². The largest absolute Gasteiger partial charge is 1.00 e. The Labute approximate surface area is 198 Å². The molecular weight excluding hydrogens is 321 g/mol. The molecule has 0 fully saturated rings. The van der Waals surface area contributed by atoms with Gasteiger partial charge in [-0.15, -0.1) is 0 Å². The predicted octanol–water partition coefficient (Wildman–Crippen LogP) is -6.49. The van der Waals surface area contributed by atoms with Crippen molar-refractivity contribution in [3.8, 4) is 0 Å². The first-order valence-electron chi connectivity index (χ1n) is 3.68. The van der Waals surface area contributed by atoms with E-state index in [0.29, 0.717) is 34.8 Å². The summed E-state index contributed by atoms with van der Waals surface area (Å²) in [4.78, 5) is 1.84. The van der Waals surface area contributed by atoms with Gasteiger partial charge in [0, 0.05) is 26.2 Å². The molecule has 0 unspecified atom stereocenters. The first-order valence-corrected chi connectivity index (χ1v) is 5.32. The van der Waals surface area contributed by atoms with Crippen molar-refractivity contribution in [3.05, 3.63) is 0 Å². The fourth-order valence-electron chi connectivity index (χ4n) is 0.743. The summed E-state index contributed by atoms with van der Waals surface area (Å²) in [5.74, 6) is 0. The van der Waals surface area contributed by atoms with Gasteiger partial charge < -0.3 is 65.6 Å². The number of nitrogens with zero attached hydrogens (tertiary/aromatic N) is 1. The smallest absolute Gasteiger partial charge is 0.412 e. The molecule has 0 aliphatic carbocycles. The van der Waals surface area contributed by atoms with Crippen molar-refractivity contribution >= 4 is 58.3 Å². The Kier molecular flexibility index (Phi) is 24.3. The molecule has 0 saturated carbocycles. The number of nitrogens with two attached hydrogens (primary N) is 1. The van der Waals surface area contributed by atoms with Crippen LogP contribution < -0.4 is 114 Å². The summed E-state index contributed by atoms with van der Waals surface area (Å²) in [6, 6.07) is 0. The molecule has 3 nitrogen and oxygen atoms in total. The number of thiocarbonyl (C=S) groups is 2. The third-order valence-corrected chi connectivity index (χ3v) is 2.11. The Hall–Kier alpha value is 3.45. The van der Waals surface area contributed by atoms with E-state index in [9.17, 15) is 0 Å². The normalized spacial score (nSPS) is 8.07. The van der Waals surface area contributed by atoms with E-state index in [4.69, 9.17) is 30.6 Å². The summed E-state index contributed by atoms with van der Waals surface area (Å²) in [6.07, 6.45) is 0.